The second kappa shape index (κ2) is 9.81. The van der Waals surface area contributed by atoms with Crippen LogP contribution in [0.4, 0.5) is 0 Å². The summed E-state index contributed by atoms with van der Waals surface area (Å²) < 4.78 is 0. The van der Waals surface area contributed by atoms with E-state index in [0.717, 1.165) is 12.0 Å². The van der Waals surface area contributed by atoms with Gasteiger partial charge in [-0.3, -0.25) is 14.4 Å². The van der Waals surface area contributed by atoms with Crippen LogP contribution in [0.3, 0.4) is 0 Å². The van der Waals surface area contributed by atoms with Gasteiger partial charge in [-0.25, -0.2) is 0 Å². The molecule has 2 atom stereocenters. The third kappa shape index (κ3) is 6.57. The van der Waals surface area contributed by atoms with Crippen LogP contribution in [0.5, 0.6) is 0 Å². The molecule has 2 unspecified atom stereocenters. The predicted octanol–water partition coefficient (Wildman–Crippen LogP) is 2.37. The Kier molecular flexibility index (Phi) is 8.11. The topological polar surface area (TPSA) is 95.5 Å². The molecule has 0 spiro atoms. The quantitative estimate of drug-likeness (QED) is 0.638. The number of amides is 2. The number of carbonyl (C=O) groups is 3. The molecular formula is C19H28N2O4. The highest BCUT2D eigenvalue weighted by molar-refractivity contribution is 5.97. The summed E-state index contributed by atoms with van der Waals surface area (Å²) in [4.78, 5) is 35.9. The van der Waals surface area contributed by atoms with Gasteiger partial charge in [-0.05, 0) is 31.4 Å². The molecule has 0 fully saturated rings. The van der Waals surface area contributed by atoms with Crippen molar-refractivity contribution in [1.29, 1.82) is 0 Å². The molecule has 0 aromatic heterocycles. The molecule has 0 bridgehead atoms. The minimum absolute atomic E-state index is 0.0611. The van der Waals surface area contributed by atoms with E-state index in [2.05, 4.69) is 10.6 Å². The molecule has 0 aliphatic rings. The lowest BCUT2D eigenvalue weighted by atomic mass is 10.0. The zero-order chi connectivity index (χ0) is 19.0. The second-order valence-corrected chi connectivity index (χ2v) is 6.63. The monoisotopic (exact) mass is 348 g/mol. The molecule has 6 nitrogen and oxygen atoms in total. The molecule has 0 saturated carbocycles. The molecule has 0 aliphatic carbocycles. The normalized spacial score (nSPS) is 13.2. The molecule has 0 aliphatic heterocycles. The van der Waals surface area contributed by atoms with Gasteiger partial charge in [-0.2, -0.15) is 0 Å². The fraction of sp³-hybridized carbons (Fsp3) is 0.526. The van der Waals surface area contributed by atoms with E-state index in [1.54, 1.807) is 12.1 Å². The van der Waals surface area contributed by atoms with Crippen molar-refractivity contribution >= 4 is 17.8 Å². The van der Waals surface area contributed by atoms with Gasteiger partial charge in [-0.1, -0.05) is 44.9 Å². The summed E-state index contributed by atoms with van der Waals surface area (Å²) in [6.45, 7) is 7.56. The molecule has 1 rings (SSSR count). The number of benzene rings is 1. The lowest BCUT2D eigenvalue weighted by molar-refractivity contribution is -0.142. The van der Waals surface area contributed by atoms with Crippen molar-refractivity contribution in [3.8, 4) is 0 Å². The maximum atomic E-state index is 12.4. The SMILES string of the molecule is CCCC(CNC(=O)C(NC(=O)c1ccc(C)cc1)C(C)C)C(=O)O. The zero-order valence-electron chi connectivity index (χ0n) is 15.3. The van der Waals surface area contributed by atoms with Crippen LogP contribution in [0, 0.1) is 18.8 Å². The average molecular weight is 348 g/mol. The number of carboxylic acid groups (broad SMARTS) is 1. The third-order valence-corrected chi connectivity index (χ3v) is 4.06. The third-order valence-electron chi connectivity index (χ3n) is 4.06. The van der Waals surface area contributed by atoms with Gasteiger partial charge < -0.3 is 15.7 Å². The van der Waals surface area contributed by atoms with Gasteiger partial charge in [0, 0.05) is 12.1 Å². The van der Waals surface area contributed by atoms with E-state index in [1.165, 1.54) is 0 Å². The van der Waals surface area contributed by atoms with E-state index in [0.29, 0.717) is 12.0 Å². The minimum Gasteiger partial charge on any atom is -0.481 e. The molecule has 1 aromatic rings. The Bertz CT molecular complexity index is 596. The largest absolute Gasteiger partial charge is 0.481 e. The lowest BCUT2D eigenvalue weighted by Crippen LogP contribution is -2.50. The number of hydrogen-bond donors (Lipinski definition) is 3. The van der Waals surface area contributed by atoms with Crippen LogP contribution in [0.15, 0.2) is 24.3 Å². The number of rotatable bonds is 9. The van der Waals surface area contributed by atoms with Crippen LogP contribution in [-0.2, 0) is 9.59 Å². The maximum absolute atomic E-state index is 12.4. The zero-order valence-corrected chi connectivity index (χ0v) is 15.3. The number of nitrogens with one attached hydrogen (secondary N) is 2. The Morgan fingerprint density at radius 2 is 1.72 bits per heavy atom. The highest BCUT2D eigenvalue weighted by atomic mass is 16.4. The van der Waals surface area contributed by atoms with E-state index >= 15 is 0 Å². The molecule has 2 amide bonds. The van der Waals surface area contributed by atoms with Crippen molar-refractivity contribution in [2.75, 3.05) is 6.54 Å². The van der Waals surface area contributed by atoms with Gasteiger partial charge >= 0.3 is 5.97 Å². The standard InChI is InChI=1S/C19H28N2O4/c1-5-6-15(19(24)25)11-20-18(23)16(12(2)3)21-17(22)14-9-7-13(4)8-10-14/h7-10,12,15-16H,5-6,11H2,1-4H3,(H,20,23)(H,21,22)(H,24,25). The lowest BCUT2D eigenvalue weighted by Gasteiger charge is -2.23. The Hall–Kier alpha value is -2.37. The average Bonchev–Trinajstić information content (AvgIpc) is 2.55. The first-order valence-corrected chi connectivity index (χ1v) is 8.64. The summed E-state index contributed by atoms with van der Waals surface area (Å²) >= 11 is 0. The van der Waals surface area contributed by atoms with Crippen molar-refractivity contribution in [3.63, 3.8) is 0 Å². The number of carboxylic acids is 1. The van der Waals surface area contributed by atoms with Gasteiger partial charge in [0.05, 0.1) is 5.92 Å². The fourth-order valence-corrected chi connectivity index (χ4v) is 2.46. The Balaban J connectivity index is 2.71. The van der Waals surface area contributed by atoms with Crippen LogP contribution in [-0.4, -0.2) is 35.5 Å². The van der Waals surface area contributed by atoms with Crippen molar-refractivity contribution in [1.82, 2.24) is 10.6 Å². The molecule has 138 valence electrons. The van der Waals surface area contributed by atoms with Crippen LogP contribution >= 0.6 is 0 Å². The highest BCUT2D eigenvalue weighted by Gasteiger charge is 2.26. The van der Waals surface area contributed by atoms with Gasteiger partial charge in [0.15, 0.2) is 0 Å². The number of aryl methyl sites for hydroxylation is 1. The highest BCUT2D eigenvalue weighted by Crippen LogP contribution is 2.09. The van der Waals surface area contributed by atoms with Gasteiger partial charge in [0.2, 0.25) is 5.91 Å². The molecule has 1 aromatic carbocycles. The molecule has 25 heavy (non-hydrogen) atoms. The number of aliphatic carboxylic acids is 1. The van der Waals surface area contributed by atoms with Crippen molar-refractivity contribution in [3.05, 3.63) is 35.4 Å². The summed E-state index contributed by atoms with van der Waals surface area (Å²) in [5, 5.41) is 14.6. The van der Waals surface area contributed by atoms with Gasteiger partial charge in [-0.15, -0.1) is 0 Å². The minimum atomic E-state index is -0.924. The fourth-order valence-electron chi connectivity index (χ4n) is 2.46. The summed E-state index contributed by atoms with van der Waals surface area (Å²) in [6, 6.07) is 6.37. The molecule has 0 radical (unpaired) electrons. The van der Waals surface area contributed by atoms with E-state index in [4.69, 9.17) is 5.11 Å². The summed E-state index contributed by atoms with van der Waals surface area (Å²) in [6.07, 6.45) is 1.22. The molecule has 0 heterocycles. The predicted molar refractivity (Wildman–Crippen MR) is 96.3 cm³/mol. The molecule has 3 N–H and O–H groups in total. The summed E-state index contributed by atoms with van der Waals surface area (Å²) in [7, 11) is 0. The Labute approximate surface area is 149 Å². The van der Waals surface area contributed by atoms with Crippen LogP contribution in [0.2, 0.25) is 0 Å². The van der Waals surface area contributed by atoms with Crippen LogP contribution in [0.25, 0.3) is 0 Å². The number of hydrogen-bond acceptors (Lipinski definition) is 3. The summed E-state index contributed by atoms with van der Waals surface area (Å²) in [5.74, 6) is -2.35. The molecule has 6 heteroatoms. The van der Waals surface area contributed by atoms with E-state index in [1.807, 2.05) is 39.8 Å². The second-order valence-electron chi connectivity index (χ2n) is 6.63. The van der Waals surface area contributed by atoms with Crippen molar-refractivity contribution in [2.45, 2.75) is 46.6 Å². The Morgan fingerprint density at radius 3 is 2.20 bits per heavy atom. The summed E-state index contributed by atoms with van der Waals surface area (Å²) in [5.41, 5.74) is 1.53. The maximum Gasteiger partial charge on any atom is 0.308 e. The van der Waals surface area contributed by atoms with Crippen LogP contribution < -0.4 is 10.6 Å². The Morgan fingerprint density at radius 1 is 1.12 bits per heavy atom. The van der Waals surface area contributed by atoms with Gasteiger partial charge in [0.1, 0.15) is 6.04 Å². The first-order valence-electron chi connectivity index (χ1n) is 8.64. The smallest absolute Gasteiger partial charge is 0.308 e. The van der Waals surface area contributed by atoms with Crippen molar-refractivity contribution in [2.24, 2.45) is 11.8 Å². The van der Waals surface area contributed by atoms with E-state index < -0.39 is 17.9 Å². The van der Waals surface area contributed by atoms with E-state index in [-0.39, 0.29) is 24.3 Å². The number of carbonyl (C=O) groups excluding carboxylic acids is 2. The molecular weight excluding hydrogens is 320 g/mol. The molecule has 0 saturated heterocycles. The van der Waals surface area contributed by atoms with Gasteiger partial charge in [0.25, 0.3) is 5.91 Å². The van der Waals surface area contributed by atoms with Crippen LogP contribution in [0.1, 0.15) is 49.5 Å². The van der Waals surface area contributed by atoms with Crippen molar-refractivity contribution < 1.29 is 19.5 Å². The van der Waals surface area contributed by atoms with E-state index in [9.17, 15) is 14.4 Å². The first-order chi connectivity index (χ1) is 11.8. The first kappa shape index (κ1) is 20.7.